The predicted octanol–water partition coefficient (Wildman–Crippen LogP) is 2.38. The molecule has 2 bridgehead atoms. The molecule has 1 aromatic carbocycles. The lowest BCUT2D eigenvalue weighted by Crippen LogP contribution is -2.41. The summed E-state index contributed by atoms with van der Waals surface area (Å²) in [6, 6.07) is 10.3. The van der Waals surface area contributed by atoms with Crippen molar-refractivity contribution in [1.29, 1.82) is 0 Å². The Bertz CT molecular complexity index is 352. The molecule has 0 spiro atoms. The number of benzene rings is 1. The molecule has 2 fully saturated rings. The summed E-state index contributed by atoms with van der Waals surface area (Å²) in [6.07, 6.45) is 1.10. The Balaban J connectivity index is 0.000000574. The number of aliphatic hydroxyl groups is 1. The first-order valence-electron chi connectivity index (χ1n) is 6.82. The van der Waals surface area contributed by atoms with E-state index in [0.717, 1.165) is 12.8 Å². The van der Waals surface area contributed by atoms with Crippen LogP contribution in [0.5, 0.6) is 0 Å². The summed E-state index contributed by atoms with van der Waals surface area (Å²) in [7, 11) is 0. The van der Waals surface area contributed by atoms with Crippen molar-refractivity contribution in [3.8, 4) is 0 Å². The van der Waals surface area contributed by atoms with Crippen LogP contribution >= 0.6 is 0 Å². The fourth-order valence-corrected chi connectivity index (χ4v) is 2.59. The van der Waals surface area contributed by atoms with E-state index in [-0.39, 0.29) is 12.0 Å². The molecule has 1 N–H and O–H groups in total. The van der Waals surface area contributed by atoms with Crippen molar-refractivity contribution in [2.24, 2.45) is 5.92 Å². The van der Waals surface area contributed by atoms with Crippen LogP contribution in [-0.2, 0) is 15.9 Å². The molecular formula is C15H22O3. The summed E-state index contributed by atoms with van der Waals surface area (Å²) in [5.41, 5.74) is 1.27. The van der Waals surface area contributed by atoms with Crippen LogP contribution in [0.25, 0.3) is 0 Å². The number of hydrogen-bond donors (Lipinski definition) is 1. The Hall–Kier alpha value is -0.900. The van der Waals surface area contributed by atoms with Gasteiger partial charge >= 0.3 is 0 Å². The van der Waals surface area contributed by atoms with Crippen molar-refractivity contribution in [2.45, 2.75) is 45.2 Å². The number of fused-ring (bicyclic) bond motifs is 2. The third-order valence-electron chi connectivity index (χ3n) is 3.44. The highest BCUT2D eigenvalue weighted by Crippen LogP contribution is 2.33. The van der Waals surface area contributed by atoms with Gasteiger partial charge in [-0.3, -0.25) is 0 Å². The van der Waals surface area contributed by atoms with Gasteiger partial charge in [0, 0.05) is 0 Å². The van der Waals surface area contributed by atoms with Crippen LogP contribution in [0.15, 0.2) is 30.3 Å². The SMILES string of the molecule is CC.OC1C(Cc2ccccc2)C[C@H]2CO[C@@H]1O2. The van der Waals surface area contributed by atoms with Gasteiger partial charge in [0.1, 0.15) is 6.10 Å². The molecule has 4 atom stereocenters. The molecule has 18 heavy (non-hydrogen) atoms. The van der Waals surface area contributed by atoms with Crippen LogP contribution in [0, 0.1) is 5.92 Å². The molecule has 2 saturated heterocycles. The van der Waals surface area contributed by atoms with Gasteiger partial charge in [-0.1, -0.05) is 44.2 Å². The quantitative estimate of drug-likeness (QED) is 0.876. The molecule has 100 valence electrons. The average Bonchev–Trinajstić information content (AvgIpc) is 2.84. The van der Waals surface area contributed by atoms with Gasteiger partial charge in [0.05, 0.1) is 12.7 Å². The Labute approximate surface area is 109 Å². The summed E-state index contributed by atoms with van der Waals surface area (Å²) >= 11 is 0. The first kappa shape index (κ1) is 13.5. The molecule has 2 unspecified atom stereocenters. The second-order valence-electron chi connectivity index (χ2n) is 4.64. The maximum Gasteiger partial charge on any atom is 0.184 e. The molecule has 3 nitrogen and oxygen atoms in total. The monoisotopic (exact) mass is 250 g/mol. The topological polar surface area (TPSA) is 38.7 Å². The maximum absolute atomic E-state index is 10.1. The zero-order valence-electron chi connectivity index (χ0n) is 11.1. The predicted molar refractivity (Wildman–Crippen MR) is 70.2 cm³/mol. The first-order valence-corrected chi connectivity index (χ1v) is 6.82. The van der Waals surface area contributed by atoms with E-state index in [1.54, 1.807) is 0 Å². The van der Waals surface area contributed by atoms with E-state index in [1.807, 2.05) is 32.0 Å². The van der Waals surface area contributed by atoms with Gasteiger partial charge in [-0.25, -0.2) is 0 Å². The molecular weight excluding hydrogens is 228 g/mol. The zero-order chi connectivity index (χ0) is 13.0. The van der Waals surface area contributed by atoms with E-state index in [2.05, 4.69) is 12.1 Å². The summed E-state index contributed by atoms with van der Waals surface area (Å²) < 4.78 is 10.9. The minimum Gasteiger partial charge on any atom is -0.388 e. The van der Waals surface area contributed by atoms with Crippen molar-refractivity contribution in [1.82, 2.24) is 0 Å². The molecule has 0 aromatic heterocycles. The first-order chi connectivity index (χ1) is 8.83. The fraction of sp³-hybridized carbons (Fsp3) is 0.600. The minimum atomic E-state index is -0.487. The van der Waals surface area contributed by atoms with Crippen LogP contribution in [0.1, 0.15) is 25.8 Å². The van der Waals surface area contributed by atoms with Crippen LogP contribution < -0.4 is 0 Å². The molecule has 1 aromatic rings. The lowest BCUT2D eigenvalue weighted by Gasteiger charge is -2.31. The normalized spacial score (nSPS) is 33.7. The highest BCUT2D eigenvalue weighted by molar-refractivity contribution is 5.16. The largest absolute Gasteiger partial charge is 0.388 e. The average molecular weight is 250 g/mol. The summed E-state index contributed by atoms with van der Waals surface area (Å²) in [5, 5.41) is 10.1. The highest BCUT2D eigenvalue weighted by Gasteiger charge is 2.42. The van der Waals surface area contributed by atoms with Gasteiger partial charge in [0.15, 0.2) is 6.29 Å². The van der Waals surface area contributed by atoms with Crippen molar-refractivity contribution >= 4 is 0 Å². The second kappa shape index (κ2) is 6.32. The molecule has 0 aliphatic carbocycles. The lowest BCUT2D eigenvalue weighted by molar-refractivity contribution is -0.174. The molecule has 3 heteroatoms. The van der Waals surface area contributed by atoms with Crippen molar-refractivity contribution in [3.05, 3.63) is 35.9 Å². The van der Waals surface area contributed by atoms with Crippen LogP contribution in [0.3, 0.4) is 0 Å². The summed E-state index contributed by atoms with van der Waals surface area (Å²) in [6.45, 7) is 4.63. The maximum atomic E-state index is 10.1. The fourth-order valence-electron chi connectivity index (χ4n) is 2.59. The van der Waals surface area contributed by atoms with E-state index >= 15 is 0 Å². The minimum absolute atomic E-state index is 0.183. The molecule has 2 aliphatic rings. The van der Waals surface area contributed by atoms with E-state index in [9.17, 15) is 5.11 Å². The Kier molecular flexibility index (Phi) is 4.75. The molecule has 3 rings (SSSR count). The Morgan fingerprint density at radius 1 is 1.22 bits per heavy atom. The van der Waals surface area contributed by atoms with Crippen molar-refractivity contribution in [2.75, 3.05) is 6.61 Å². The molecule has 0 radical (unpaired) electrons. The Morgan fingerprint density at radius 2 is 1.94 bits per heavy atom. The van der Waals surface area contributed by atoms with Gasteiger partial charge in [0.2, 0.25) is 0 Å². The molecule has 0 amide bonds. The highest BCUT2D eigenvalue weighted by atomic mass is 16.7. The van der Waals surface area contributed by atoms with Crippen LogP contribution in [0.4, 0.5) is 0 Å². The van der Waals surface area contributed by atoms with E-state index in [0.29, 0.717) is 6.61 Å². The summed E-state index contributed by atoms with van der Waals surface area (Å²) in [4.78, 5) is 0. The standard InChI is InChI=1S/C13H16O3.C2H6/c14-12-10(6-9-4-2-1-3-5-9)7-11-8-15-13(12)16-11;1-2/h1-5,10-14H,6-8H2;1-2H3/t10?,11-,12?,13+;/m0./s1. The van der Waals surface area contributed by atoms with Gasteiger partial charge < -0.3 is 14.6 Å². The smallest absolute Gasteiger partial charge is 0.184 e. The molecule has 2 heterocycles. The van der Waals surface area contributed by atoms with Crippen LogP contribution in [0.2, 0.25) is 0 Å². The van der Waals surface area contributed by atoms with Gasteiger partial charge in [-0.2, -0.15) is 0 Å². The number of aliphatic hydroxyl groups excluding tert-OH is 1. The van der Waals surface area contributed by atoms with Gasteiger partial charge in [-0.15, -0.1) is 0 Å². The number of ether oxygens (including phenoxy) is 2. The number of rotatable bonds is 2. The van der Waals surface area contributed by atoms with E-state index < -0.39 is 12.4 Å². The van der Waals surface area contributed by atoms with Crippen molar-refractivity contribution < 1.29 is 14.6 Å². The molecule has 0 saturated carbocycles. The van der Waals surface area contributed by atoms with E-state index in [4.69, 9.17) is 9.47 Å². The third kappa shape index (κ3) is 2.91. The van der Waals surface area contributed by atoms with Crippen molar-refractivity contribution in [3.63, 3.8) is 0 Å². The van der Waals surface area contributed by atoms with E-state index in [1.165, 1.54) is 5.56 Å². The third-order valence-corrected chi connectivity index (χ3v) is 3.44. The molecule has 2 aliphatic heterocycles. The number of hydrogen-bond acceptors (Lipinski definition) is 3. The Morgan fingerprint density at radius 3 is 2.67 bits per heavy atom. The summed E-state index contributed by atoms with van der Waals surface area (Å²) in [5.74, 6) is 0.258. The zero-order valence-corrected chi connectivity index (χ0v) is 11.1. The van der Waals surface area contributed by atoms with Gasteiger partial charge in [-0.05, 0) is 24.3 Å². The van der Waals surface area contributed by atoms with Gasteiger partial charge in [0.25, 0.3) is 0 Å². The lowest BCUT2D eigenvalue weighted by atomic mass is 9.87. The van der Waals surface area contributed by atoms with Crippen LogP contribution in [-0.4, -0.2) is 30.2 Å². The second-order valence-corrected chi connectivity index (χ2v) is 4.64.